The fraction of sp³-hybridized carbons (Fsp3) is 0.250. The summed E-state index contributed by atoms with van der Waals surface area (Å²) in [5, 5.41) is 4.51. The fourth-order valence-electron chi connectivity index (χ4n) is 2.31. The Bertz CT molecular complexity index is 614. The van der Waals surface area contributed by atoms with Gasteiger partial charge >= 0.3 is 0 Å². The molecule has 0 spiro atoms. The van der Waals surface area contributed by atoms with Crippen molar-refractivity contribution < 1.29 is 0 Å². The normalized spacial score (nSPS) is 12.3. The lowest BCUT2D eigenvalue weighted by Crippen LogP contribution is -2.28. The average Bonchev–Trinajstić information content (AvgIpc) is 2.72. The van der Waals surface area contributed by atoms with E-state index in [0.717, 1.165) is 12.0 Å². The molecule has 1 unspecified atom stereocenters. The number of nitrogens with zero attached hydrogens (tertiary/aromatic N) is 1. The Balaban J connectivity index is 2.38. The van der Waals surface area contributed by atoms with Crippen molar-refractivity contribution in [1.29, 1.82) is 0 Å². The quantitative estimate of drug-likeness (QED) is 0.810. The van der Waals surface area contributed by atoms with E-state index in [1.165, 1.54) is 16.5 Å². The molecule has 0 bridgehead atoms. The van der Waals surface area contributed by atoms with Crippen LogP contribution >= 0.6 is 0 Å². The van der Waals surface area contributed by atoms with Gasteiger partial charge in [-0.1, -0.05) is 30.7 Å². The molecule has 0 aliphatic heterocycles. The van der Waals surface area contributed by atoms with Crippen LogP contribution in [0.25, 0.3) is 10.9 Å². The zero-order valence-corrected chi connectivity index (χ0v) is 10.9. The summed E-state index contributed by atoms with van der Waals surface area (Å²) in [5.41, 5.74) is 3.34. The maximum Gasteiger partial charge on any atom is 0.0480 e. The number of likely N-dealkylation sites (N-methyl/N-ethyl adjacent to an activating group) is 1. The second-order valence-electron chi connectivity index (χ2n) is 4.50. The van der Waals surface area contributed by atoms with Gasteiger partial charge in [0.25, 0.3) is 0 Å². The maximum absolute atomic E-state index is 5.43. The topological polar surface area (TPSA) is 17.0 Å². The van der Waals surface area contributed by atoms with E-state index in [2.05, 4.69) is 59.9 Å². The molecule has 1 atom stereocenters. The summed E-state index contributed by atoms with van der Waals surface area (Å²) >= 11 is 0. The van der Waals surface area contributed by atoms with E-state index in [1.54, 1.807) is 0 Å². The van der Waals surface area contributed by atoms with Gasteiger partial charge in [-0.05, 0) is 25.1 Å². The van der Waals surface area contributed by atoms with Crippen LogP contribution in [-0.4, -0.2) is 17.7 Å². The largest absolute Gasteiger partial charge is 0.350 e. The molecular formula is C16H18N2. The second-order valence-corrected chi connectivity index (χ2v) is 4.50. The third kappa shape index (κ3) is 2.18. The smallest absolute Gasteiger partial charge is 0.0480 e. The van der Waals surface area contributed by atoms with E-state index in [-0.39, 0.29) is 6.04 Å². The molecule has 0 radical (unpaired) electrons. The van der Waals surface area contributed by atoms with Crippen molar-refractivity contribution in [3.63, 3.8) is 0 Å². The van der Waals surface area contributed by atoms with Gasteiger partial charge in [-0.15, -0.1) is 6.42 Å². The van der Waals surface area contributed by atoms with Crippen LogP contribution in [-0.2, 0) is 13.5 Å². The van der Waals surface area contributed by atoms with Gasteiger partial charge in [0.15, 0.2) is 0 Å². The molecule has 0 aliphatic carbocycles. The number of rotatable bonds is 4. The first kappa shape index (κ1) is 12.5. The predicted octanol–water partition coefficient (Wildman–Crippen LogP) is 2.50. The lowest BCUT2D eigenvalue weighted by atomic mass is 10.00. The van der Waals surface area contributed by atoms with Gasteiger partial charge in [0.05, 0.1) is 0 Å². The first-order chi connectivity index (χ1) is 8.67. The number of hydrogen-bond acceptors (Lipinski definition) is 1. The number of fused-ring (bicyclic) bond motifs is 1. The molecule has 0 saturated heterocycles. The minimum Gasteiger partial charge on any atom is -0.350 e. The molecule has 0 fully saturated rings. The van der Waals surface area contributed by atoms with Crippen LogP contribution in [0.5, 0.6) is 0 Å². The van der Waals surface area contributed by atoms with Crippen LogP contribution in [0.2, 0.25) is 0 Å². The molecule has 1 N–H and O–H groups in total. The van der Waals surface area contributed by atoms with Gasteiger partial charge < -0.3 is 9.88 Å². The fourth-order valence-corrected chi connectivity index (χ4v) is 2.31. The Morgan fingerprint density at radius 3 is 2.89 bits per heavy atom. The highest BCUT2D eigenvalue weighted by atomic mass is 14.9. The molecule has 0 amide bonds. The Kier molecular flexibility index (Phi) is 3.55. The van der Waals surface area contributed by atoms with Crippen LogP contribution in [0.4, 0.5) is 0 Å². The molecule has 1 heterocycles. The molecule has 1 aromatic carbocycles. The van der Waals surface area contributed by atoms with Gasteiger partial charge in [0, 0.05) is 35.8 Å². The molecule has 1 aromatic heterocycles. The standard InChI is InChI=1S/C16H18N2/c1-5-12(2)15(17-3)10-13-11-18(4)16-9-7-6-8-14(13)16/h1,6-9,11,15,17H,2,10H2,3-4H3. The van der Waals surface area contributed by atoms with Gasteiger partial charge in [-0.3, -0.25) is 0 Å². The molecule has 2 aromatic rings. The Morgan fingerprint density at radius 2 is 2.22 bits per heavy atom. The van der Waals surface area contributed by atoms with Crippen molar-refractivity contribution in [1.82, 2.24) is 9.88 Å². The first-order valence-electron chi connectivity index (χ1n) is 6.03. The molecular weight excluding hydrogens is 220 g/mol. The van der Waals surface area contributed by atoms with E-state index in [0.29, 0.717) is 0 Å². The molecule has 92 valence electrons. The monoisotopic (exact) mass is 238 g/mol. The zero-order valence-electron chi connectivity index (χ0n) is 10.9. The minimum absolute atomic E-state index is 0.126. The highest BCUT2D eigenvalue weighted by Gasteiger charge is 2.13. The lowest BCUT2D eigenvalue weighted by Gasteiger charge is -2.14. The van der Waals surface area contributed by atoms with Crippen molar-refractivity contribution >= 4 is 10.9 Å². The molecule has 0 aliphatic rings. The van der Waals surface area contributed by atoms with E-state index >= 15 is 0 Å². The highest BCUT2D eigenvalue weighted by Crippen LogP contribution is 2.22. The van der Waals surface area contributed by atoms with Crippen molar-refractivity contribution in [3.8, 4) is 12.3 Å². The predicted molar refractivity (Wildman–Crippen MR) is 77.4 cm³/mol. The van der Waals surface area contributed by atoms with Crippen LogP contribution in [0.15, 0.2) is 42.6 Å². The molecule has 0 saturated carbocycles. The van der Waals surface area contributed by atoms with Crippen molar-refractivity contribution in [3.05, 3.63) is 48.2 Å². The number of hydrogen-bond donors (Lipinski definition) is 1. The van der Waals surface area contributed by atoms with Crippen LogP contribution in [0.3, 0.4) is 0 Å². The number of benzene rings is 1. The lowest BCUT2D eigenvalue weighted by molar-refractivity contribution is 0.649. The number of para-hydroxylation sites is 1. The third-order valence-electron chi connectivity index (χ3n) is 3.36. The van der Waals surface area contributed by atoms with E-state index in [9.17, 15) is 0 Å². The summed E-state index contributed by atoms with van der Waals surface area (Å²) < 4.78 is 2.15. The zero-order chi connectivity index (χ0) is 13.1. The summed E-state index contributed by atoms with van der Waals surface area (Å²) in [6.45, 7) is 3.92. The van der Waals surface area contributed by atoms with Crippen LogP contribution < -0.4 is 5.32 Å². The Morgan fingerprint density at radius 1 is 1.50 bits per heavy atom. The highest BCUT2D eigenvalue weighted by molar-refractivity contribution is 5.84. The Hall–Kier alpha value is -1.98. The van der Waals surface area contributed by atoms with Gasteiger partial charge in [-0.25, -0.2) is 0 Å². The van der Waals surface area contributed by atoms with Gasteiger partial charge in [0.1, 0.15) is 0 Å². The number of aromatic nitrogens is 1. The van der Waals surface area contributed by atoms with Gasteiger partial charge in [-0.2, -0.15) is 0 Å². The van der Waals surface area contributed by atoms with E-state index in [4.69, 9.17) is 6.42 Å². The summed E-state index contributed by atoms with van der Waals surface area (Å²) in [6.07, 6.45) is 8.45. The third-order valence-corrected chi connectivity index (χ3v) is 3.36. The SMILES string of the molecule is C#CC(=C)C(Cc1cn(C)c2ccccc12)NC. The molecule has 2 rings (SSSR count). The average molecular weight is 238 g/mol. The van der Waals surface area contributed by atoms with Crippen LogP contribution in [0.1, 0.15) is 5.56 Å². The molecule has 2 nitrogen and oxygen atoms in total. The second kappa shape index (κ2) is 5.12. The van der Waals surface area contributed by atoms with Crippen molar-refractivity contribution in [2.45, 2.75) is 12.5 Å². The first-order valence-corrected chi connectivity index (χ1v) is 6.03. The summed E-state index contributed by atoms with van der Waals surface area (Å²) in [6, 6.07) is 8.53. The van der Waals surface area contributed by atoms with Crippen LogP contribution in [0, 0.1) is 12.3 Å². The van der Waals surface area contributed by atoms with Crippen molar-refractivity contribution in [2.75, 3.05) is 7.05 Å². The van der Waals surface area contributed by atoms with Crippen molar-refractivity contribution in [2.24, 2.45) is 7.05 Å². The summed E-state index contributed by atoms with van der Waals surface area (Å²) in [7, 11) is 3.98. The van der Waals surface area contributed by atoms with E-state index < -0.39 is 0 Å². The minimum atomic E-state index is 0.126. The van der Waals surface area contributed by atoms with Gasteiger partial charge in [0.2, 0.25) is 0 Å². The number of terminal acetylenes is 1. The summed E-state index contributed by atoms with van der Waals surface area (Å²) in [5.74, 6) is 2.63. The molecule has 2 heteroatoms. The Labute approximate surface area is 108 Å². The number of nitrogens with one attached hydrogen (secondary N) is 1. The maximum atomic E-state index is 5.43. The van der Waals surface area contributed by atoms with E-state index in [1.807, 2.05) is 7.05 Å². The molecule has 18 heavy (non-hydrogen) atoms. The summed E-state index contributed by atoms with van der Waals surface area (Å²) in [4.78, 5) is 0. The number of aryl methyl sites for hydroxylation is 1.